The standard InChI is InChI=1S/C6H3F9O3S/c1-2-17-19(16)18-3(4(7,8)9,5(10,11)12)6(13,14)15/h2H,1H2. The van der Waals surface area contributed by atoms with E-state index in [9.17, 15) is 43.7 Å². The van der Waals surface area contributed by atoms with Crippen molar-refractivity contribution in [2.24, 2.45) is 0 Å². The molecule has 0 saturated carbocycles. The molecular formula is C6H3F9O3S. The monoisotopic (exact) mass is 326 g/mol. The van der Waals surface area contributed by atoms with E-state index in [2.05, 4.69) is 14.9 Å². The Balaban J connectivity index is 5.96. The molecule has 0 spiro atoms. The summed E-state index contributed by atoms with van der Waals surface area (Å²) in [6, 6.07) is 0. The summed E-state index contributed by atoms with van der Waals surface area (Å²) in [5, 5.41) is 0. The Hall–Kier alpha value is -0.980. The molecule has 0 fully saturated rings. The van der Waals surface area contributed by atoms with E-state index in [1.165, 1.54) is 0 Å². The van der Waals surface area contributed by atoms with E-state index in [1.54, 1.807) is 0 Å². The first-order valence-corrected chi connectivity index (χ1v) is 4.80. The summed E-state index contributed by atoms with van der Waals surface area (Å²) in [4.78, 5) is 0. The molecule has 0 bridgehead atoms. The smallest absolute Gasteiger partial charge is 0.389 e. The molecule has 13 heteroatoms. The molecule has 0 aromatic rings. The molecule has 19 heavy (non-hydrogen) atoms. The molecule has 0 aliphatic carbocycles. The van der Waals surface area contributed by atoms with Gasteiger partial charge in [-0.3, -0.25) is 0 Å². The number of halogens is 9. The highest BCUT2D eigenvalue weighted by atomic mass is 32.2. The number of alkyl halides is 9. The number of hydrogen-bond acceptors (Lipinski definition) is 3. The summed E-state index contributed by atoms with van der Waals surface area (Å²) in [6.45, 7) is 2.58. The molecule has 0 amide bonds. The Morgan fingerprint density at radius 1 is 0.842 bits per heavy atom. The van der Waals surface area contributed by atoms with Gasteiger partial charge in [-0.1, -0.05) is 6.58 Å². The second-order valence-electron chi connectivity index (χ2n) is 2.72. The van der Waals surface area contributed by atoms with Crippen molar-refractivity contribution in [1.29, 1.82) is 0 Å². The first-order valence-electron chi connectivity index (χ1n) is 3.80. The van der Waals surface area contributed by atoms with Crippen molar-refractivity contribution in [2.45, 2.75) is 24.1 Å². The van der Waals surface area contributed by atoms with Gasteiger partial charge in [0.25, 0.3) is 0 Å². The average Bonchev–Trinajstić information content (AvgIpc) is 2.08. The van der Waals surface area contributed by atoms with Crippen LogP contribution in [-0.4, -0.2) is 28.3 Å². The summed E-state index contributed by atoms with van der Waals surface area (Å²) in [5.41, 5.74) is -6.64. The van der Waals surface area contributed by atoms with Gasteiger partial charge in [0.1, 0.15) is 0 Å². The molecule has 0 N–H and O–H groups in total. The van der Waals surface area contributed by atoms with E-state index in [-0.39, 0.29) is 6.26 Å². The van der Waals surface area contributed by atoms with E-state index in [0.717, 1.165) is 0 Å². The quantitative estimate of drug-likeness (QED) is 0.588. The van der Waals surface area contributed by atoms with Crippen LogP contribution in [0.15, 0.2) is 12.8 Å². The van der Waals surface area contributed by atoms with Crippen molar-refractivity contribution in [3.63, 3.8) is 0 Å². The van der Waals surface area contributed by atoms with Gasteiger partial charge in [0, 0.05) is 0 Å². The lowest BCUT2D eigenvalue weighted by Gasteiger charge is -2.36. The van der Waals surface area contributed by atoms with Crippen molar-refractivity contribution in [3.05, 3.63) is 12.8 Å². The highest BCUT2D eigenvalue weighted by molar-refractivity contribution is 7.75. The molecule has 1 unspecified atom stereocenters. The van der Waals surface area contributed by atoms with Crippen LogP contribution in [0.1, 0.15) is 0 Å². The van der Waals surface area contributed by atoms with E-state index < -0.39 is 35.5 Å². The molecule has 1 atom stereocenters. The lowest BCUT2D eigenvalue weighted by Crippen LogP contribution is -2.67. The van der Waals surface area contributed by atoms with Crippen molar-refractivity contribution in [1.82, 2.24) is 0 Å². The second kappa shape index (κ2) is 5.19. The summed E-state index contributed by atoms with van der Waals surface area (Å²) < 4.78 is 126. The Labute approximate surface area is 101 Å². The Bertz CT molecular complexity index is 318. The Kier molecular flexibility index (Phi) is 4.92. The van der Waals surface area contributed by atoms with Crippen LogP contribution >= 0.6 is 0 Å². The zero-order valence-electron chi connectivity index (χ0n) is 8.32. The fourth-order valence-electron chi connectivity index (χ4n) is 0.801. The normalized spacial score (nSPS) is 16.1. The van der Waals surface area contributed by atoms with E-state index in [0.29, 0.717) is 0 Å². The van der Waals surface area contributed by atoms with Crippen molar-refractivity contribution >= 4 is 11.4 Å². The van der Waals surface area contributed by atoms with E-state index >= 15 is 0 Å². The minimum absolute atomic E-state index is 0.0456. The highest BCUT2D eigenvalue weighted by Crippen LogP contribution is 2.55. The van der Waals surface area contributed by atoms with Crippen LogP contribution in [0.5, 0.6) is 0 Å². The number of rotatable bonds is 4. The van der Waals surface area contributed by atoms with Gasteiger partial charge in [-0.15, -0.1) is 0 Å². The molecule has 114 valence electrons. The van der Waals surface area contributed by atoms with Crippen LogP contribution in [0, 0.1) is 0 Å². The first kappa shape index (κ1) is 18.0. The van der Waals surface area contributed by atoms with Crippen molar-refractivity contribution in [3.8, 4) is 0 Å². The SMILES string of the molecule is C=COS(=O)OC(C(F)(F)F)(C(F)(F)F)C(F)(F)F. The fourth-order valence-corrected chi connectivity index (χ4v) is 1.44. The molecule has 0 heterocycles. The molecule has 3 nitrogen and oxygen atoms in total. The Morgan fingerprint density at radius 3 is 1.37 bits per heavy atom. The maximum atomic E-state index is 12.2. The van der Waals surface area contributed by atoms with Gasteiger partial charge in [-0.2, -0.15) is 43.7 Å². The number of hydrogen-bond donors (Lipinski definition) is 0. The van der Waals surface area contributed by atoms with Crippen LogP contribution in [0.2, 0.25) is 0 Å². The third kappa shape index (κ3) is 3.32. The minimum Gasteiger partial charge on any atom is -0.389 e. The fraction of sp³-hybridized carbons (Fsp3) is 0.667. The maximum Gasteiger partial charge on any atom is 0.437 e. The topological polar surface area (TPSA) is 35.5 Å². The summed E-state index contributed by atoms with van der Waals surface area (Å²) >= 11 is -4.01. The summed E-state index contributed by atoms with van der Waals surface area (Å²) in [5.74, 6) is 0. The predicted octanol–water partition coefficient (Wildman–Crippen LogP) is 3.17. The third-order valence-electron chi connectivity index (χ3n) is 1.54. The summed E-state index contributed by atoms with van der Waals surface area (Å²) in [6.07, 6.45) is -20.9. The van der Waals surface area contributed by atoms with Crippen LogP contribution in [0.25, 0.3) is 0 Å². The van der Waals surface area contributed by atoms with Gasteiger partial charge in [-0.05, 0) is 0 Å². The predicted molar refractivity (Wildman–Crippen MR) is 41.4 cm³/mol. The molecule has 0 aromatic heterocycles. The maximum absolute atomic E-state index is 12.2. The van der Waals surface area contributed by atoms with Gasteiger partial charge in [0.15, 0.2) is 0 Å². The highest BCUT2D eigenvalue weighted by Gasteiger charge is 2.87. The van der Waals surface area contributed by atoms with Gasteiger partial charge < -0.3 is 4.18 Å². The minimum atomic E-state index is -6.97. The van der Waals surface area contributed by atoms with Gasteiger partial charge in [0.2, 0.25) is 0 Å². The van der Waals surface area contributed by atoms with Gasteiger partial charge in [0.05, 0.1) is 6.26 Å². The van der Waals surface area contributed by atoms with Crippen LogP contribution < -0.4 is 0 Å². The van der Waals surface area contributed by atoms with Gasteiger partial charge in [-0.25, -0.2) is 4.18 Å². The lowest BCUT2D eigenvalue weighted by molar-refractivity contribution is -0.436. The van der Waals surface area contributed by atoms with E-state index in [1.807, 2.05) is 0 Å². The first-order chi connectivity index (χ1) is 8.20. The van der Waals surface area contributed by atoms with Gasteiger partial charge >= 0.3 is 35.5 Å². The second-order valence-corrected chi connectivity index (χ2v) is 3.49. The molecule has 0 saturated heterocycles. The van der Waals surface area contributed by atoms with Crippen LogP contribution in [0.4, 0.5) is 39.5 Å². The zero-order valence-corrected chi connectivity index (χ0v) is 9.14. The van der Waals surface area contributed by atoms with Crippen LogP contribution in [0.3, 0.4) is 0 Å². The van der Waals surface area contributed by atoms with Crippen LogP contribution in [-0.2, 0) is 19.7 Å². The Morgan fingerprint density at radius 2 is 1.16 bits per heavy atom. The average molecular weight is 326 g/mol. The summed E-state index contributed by atoms with van der Waals surface area (Å²) in [7, 11) is 0. The molecule has 0 rings (SSSR count). The zero-order chi connectivity index (χ0) is 15.7. The molecular weight excluding hydrogens is 323 g/mol. The molecule has 0 aromatic carbocycles. The lowest BCUT2D eigenvalue weighted by atomic mass is 10.0. The third-order valence-corrected chi connectivity index (χ3v) is 2.22. The molecule has 0 aliphatic heterocycles. The van der Waals surface area contributed by atoms with Crippen molar-refractivity contribution in [2.75, 3.05) is 0 Å². The van der Waals surface area contributed by atoms with E-state index in [4.69, 9.17) is 0 Å². The molecule has 0 radical (unpaired) electrons. The van der Waals surface area contributed by atoms with Crippen molar-refractivity contribution < 1.29 is 52.1 Å². The largest absolute Gasteiger partial charge is 0.437 e. The molecule has 0 aliphatic rings.